The Labute approximate surface area is 456 Å². The number of halogens is 1. The van der Waals surface area contributed by atoms with Crippen molar-refractivity contribution < 1.29 is 28.8 Å². The number of aromatic nitrogens is 3. The molecule has 3 aromatic carbocycles. The van der Waals surface area contributed by atoms with Crippen molar-refractivity contribution in [3.05, 3.63) is 180 Å². The number of unbranched alkanes of at least 4 members (excludes halogenated alkanes) is 3. The third-order valence-electron chi connectivity index (χ3n) is 12.5. The summed E-state index contributed by atoms with van der Waals surface area (Å²) in [5, 5.41) is 17.6. The number of hydrogen-bond donors (Lipinski definition) is 9. The van der Waals surface area contributed by atoms with Gasteiger partial charge in [-0.1, -0.05) is 54.6 Å². The third-order valence-corrected chi connectivity index (χ3v) is 12.5. The van der Waals surface area contributed by atoms with Gasteiger partial charge >= 0.3 is 0 Å². The Bertz CT molecular complexity index is 2460. The number of amides is 6. The Hall–Kier alpha value is -7.90. The standard InChI is InChI=1S/C58H70N12O6.ClH/c59-31-7-1-16-49(68-52(71)37-46-13-4-10-34-62-46)56(74)65-43-25-19-40(20-26-43)55(41-21-27-44(28-22-41)66-57(75)50(17-2-8-32-60)69-53(72)38-47-14-5-11-35-63-47)42-23-29-45(30-24-42)67-58(76)51(18-3-9-33-61)70-54(73)39-48-15-6-12-36-64-48;/h4-6,10-15,19-30,34-36,49-51,55H,1-3,7-9,16-18,31-33,37-39,59-61H2,(H,65,74)(H,66,75)(H,67,76)(H,68,71)(H,69,72)(H,70,73);1H/t49-,50-,51-;/m1./s1. The molecule has 18 nitrogen and oxygen atoms in total. The Balaban J connectivity index is 0.0000109. The lowest BCUT2D eigenvalue weighted by atomic mass is 9.85. The fraction of sp³-hybridized carbons (Fsp3) is 0.328. The summed E-state index contributed by atoms with van der Waals surface area (Å²) in [5.41, 5.74) is 23.2. The Kier molecular flexibility index (Phi) is 25.3. The van der Waals surface area contributed by atoms with Crippen molar-refractivity contribution in [3.8, 4) is 0 Å². The molecule has 0 aliphatic heterocycles. The van der Waals surface area contributed by atoms with Crippen LogP contribution >= 0.6 is 12.4 Å². The largest absolute Gasteiger partial charge is 0.344 e. The van der Waals surface area contributed by atoms with Gasteiger partial charge in [-0.05, 0) is 167 Å². The van der Waals surface area contributed by atoms with E-state index in [1.807, 2.05) is 36.4 Å². The maximum Gasteiger partial charge on any atom is 0.246 e. The lowest BCUT2D eigenvalue weighted by Gasteiger charge is -2.22. The highest BCUT2D eigenvalue weighted by molar-refractivity contribution is 5.99. The van der Waals surface area contributed by atoms with Gasteiger partial charge in [-0.15, -0.1) is 12.4 Å². The van der Waals surface area contributed by atoms with Gasteiger partial charge in [0.2, 0.25) is 35.4 Å². The SMILES string of the molecule is Cl.NCCCC[C@@H](NC(=O)Cc1ccccn1)C(=O)Nc1ccc(C(c2ccc(NC(=O)[C@@H](CCCCN)NC(=O)Cc3ccccn3)cc2)c2ccc(NC(=O)[C@@H](CCCCN)NC(=O)Cc3ccccn3)cc2)cc1. The van der Waals surface area contributed by atoms with Crippen molar-refractivity contribution in [2.24, 2.45) is 17.2 Å². The van der Waals surface area contributed by atoms with E-state index in [4.69, 9.17) is 17.2 Å². The second-order valence-corrected chi connectivity index (χ2v) is 18.5. The van der Waals surface area contributed by atoms with Crippen LogP contribution in [0.25, 0.3) is 0 Å². The van der Waals surface area contributed by atoms with E-state index in [-0.39, 0.29) is 73.0 Å². The molecule has 3 heterocycles. The highest BCUT2D eigenvalue weighted by Gasteiger charge is 2.25. The molecule has 6 aromatic rings. The molecular formula is C58H71ClN12O6. The first-order valence-corrected chi connectivity index (χ1v) is 25.9. The molecule has 6 rings (SSSR count). The van der Waals surface area contributed by atoms with Gasteiger partial charge in [-0.2, -0.15) is 0 Å². The van der Waals surface area contributed by atoms with Crippen molar-refractivity contribution in [3.63, 3.8) is 0 Å². The van der Waals surface area contributed by atoms with Crippen molar-refractivity contribution in [2.75, 3.05) is 35.6 Å². The second kappa shape index (κ2) is 32.5. The molecule has 12 N–H and O–H groups in total. The highest BCUT2D eigenvalue weighted by atomic mass is 35.5. The van der Waals surface area contributed by atoms with Gasteiger partial charge < -0.3 is 49.1 Å². The van der Waals surface area contributed by atoms with Crippen molar-refractivity contribution in [1.29, 1.82) is 0 Å². The minimum Gasteiger partial charge on any atom is -0.344 e. The van der Waals surface area contributed by atoms with Crippen LogP contribution in [0.1, 0.15) is 97.5 Å². The van der Waals surface area contributed by atoms with Gasteiger partial charge in [-0.3, -0.25) is 43.7 Å². The minimum absolute atomic E-state index is 0. The van der Waals surface area contributed by atoms with Crippen LogP contribution in [0.2, 0.25) is 0 Å². The fourth-order valence-corrected chi connectivity index (χ4v) is 8.56. The van der Waals surface area contributed by atoms with Crippen LogP contribution in [-0.4, -0.2) is 88.2 Å². The number of anilines is 3. The quantitative estimate of drug-likeness (QED) is 0.0189. The van der Waals surface area contributed by atoms with Gasteiger partial charge in [0.15, 0.2) is 0 Å². The third kappa shape index (κ3) is 20.3. The molecule has 0 aliphatic carbocycles. The molecule has 0 bridgehead atoms. The van der Waals surface area contributed by atoms with Crippen molar-refractivity contribution in [1.82, 2.24) is 30.9 Å². The number of carbonyl (C=O) groups is 6. The van der Waals surface area contributed by atoms with E-state index in [0.717, 1.165) is 16.7 Å². The van der Waals surface area contributed by atoms with E-state index in [2.05, 4.69) is 46.9 Å². The Morgan fingerprint density at radius 3 is 0.883 bits per heavy atom. The first-order valence-electron chi connectivity index (χ1n) is 25.9. The van der Waals surface area contributed by atoms with E-state index < -0.39 is 18.1 Å². The number of benzene rings is 3. The topological polar surface area (TPSA) is 291 Å². The molecule has 406 valence electrons. The smallest absolute Gasteiger partial charge is 0.246 e. The molecule has 3 aromatic heterocycles. The first kappa shape index (κ1) is 60.0. The normalized spacial score (nSPS) is 12.0. The molecule has 0 saturated carbocycles. The number of nitrogens with zero attached hydrogens (tertiary/aromatic N) is 3. The van der Waals surface area contributed by atoms with Crippen LogP contribution in [0.5, 0.6) is 0 Å². The van der Waals surface area contributed by atoms with E-state index in [1.165, 1.54) is 0 Å². The monoisotopic (exact) mass is 1070 g/mol. The summed E-state index contributed by atoms with van der Waals surface area (Å²) in [5.74, 6) is -2.44. The van der Waals surface area contributed by atoms with Crippen molar-refractivity contribution >= 4 is 64.9 Å². The van der Waals surface area contributed by atoms with Crippen LogP contribution in [0, 0.1) is 0 Å². The molecule has 0 spiro atoms. The van der Waals surface area contributed by atoms with E-state index in [9.17, 15) is 28.8 Å². The average molecular weight is 1070 g/mol. The summed E-state index contributed by atoms with van der Waals surface area (Å²) in [7, 11) is 0. The predicted molar refractivity (Wildman–Crippen MR) is 302 cm³/mol. The number of rotatable bonds is 30. The number of pyridine rings is 3. The number of carbonyl (C=O) groups excluding carboxylic acids is 6. The maximum absolute atomic E-state index is 13.8. The van der Waals surface area contributed by atoms with Crippen LogP contribution in [0.4, 0.5) is 17.1 Å². The number of nitrogens with two attached hydrogens (primary N) is 3. The van der Waals surface area contributed by atoms with Gasteiger partial charge in [0, 0.05) is 58.7 Å². The lowest BCUT2D eigenvalue weighted by molar-refractivity contribution is -0.126. The predicted octanol–water partition coefficient (Wildman–Crippen LogP) is 5.86. The lowest BCUT2D eigenvalue weighted by Crippen LogP contribution is -2.44. The van der Waals surface area contributed by atoms with E-state index >= 15 is 0 Å². The van der Waals surface area contributed by atoms with Gasteiger partial charge in [0.1, 0.15) is 18.1 Å². The van der Waals surface area contributed by atoms with E-state index in [1.54, 1.807) is 110 Å². The van der Waals surface area contributed by atoms with Crippen LogP contribution in [0.3, 0.4) is 0 Å². The molecule has 0 unspecified atom stereocenters. The van der Waals surface area contributed by atoms with Crippen LogP contribution in [0.15, 0.2) is 146 Å². The van der Waals surface area contributed by atoms with Gasteiger partial charge in [-0.25, -0.2) is 0 Å². The maximum atomic E-state index is 13.8. The molecule has 0 saturated heterocycles. The summed E-state index contributed by atoms with van der Waals surface area (Å²) < 4.78 is 0. The van der Waals surface area contributed by atoms with Gasteiger partial charge in [0.05, 0.1) is 19.3 Å². The Morgan fingerprint density at radius 2 is 0.649 bits per heavy atom. The van der Waals surface area contributed by atoms with Crippen LogP contribution < -0.4 is 49.1 Å². The van der Waals surface area contributed by atoms with Gasteiger partial charge in [0.25, 0.3) is 0 Å². The minimum atomic E-state index is -0.804. The Morgan fingerprint density at radius 1 is 0.377 bits per heavy atom. The number of hydrogen-bond acceptors (Lipinski definition) is 12. The summed E-state index contributed by atoms with van der Waals surface area (Å²) in [4.78, 5) is 93.1. The molecule has 0 aliphatic rings. The van der Waals surface area contributed by atoms with E-state index in [0.29, 0.717) is 112 Å². The molecule has 0 radical (unpaired) electrons. The average Bonchev–Trinajstić information content (AvgIpc) is 3.42. The molecule has 19 heteroatoms. The summed E-state index contributed by atoms with van der Waals surface area (Å²) in [6, 6.07) is 35.8. The molecule has 77 heavy (non-hydrogen) atoms. The molecule has 0 fully saturated rings. The highest BCUT2D eigenvalue weighted by Crippen LogP contribution is 2.34. The summed E-state index contributed by atoms with van der Waals surface area (Å²) in [6.45, 7) is 1.38. The zero-order valence-electron chi connectivity index (χ0n) is 43.2. The zero-order chi connectivity index (χ0) is 53.9. The number of nitrogens with one attached hydrogen (secondary N) is 6. The summed E-state index contributed by atoms with van der Waals surface area (Å²) in [6.07, 6.45) is 10.1. The first-order chi connectivity index (χ1) is 37.0. The van der Waals surface area contributed by atoms with Crippen LogP contribution in [-0.2, 0) is 48.0 Å². The summed E-state index contributed by atoms with van der Waals surface area (Å²) >= 11 is 0. The molecule has 3 atom stereocenters. The molecule has 6 amide bonds. The van der Waals surface area contributed by atoms with Crippen molar-refractivity contribution in [2.45, 2.75) is 101 Å². The zero-order valence-corrected chi connectivity index (χ0v) is 44.0. The fourth-order valence-electron chi connectivity index (χ4n) is 8.56. The molecular weight excluding hydrogens is 996 g/mol. The second-order valence-electron chi connectivity index (χ2n) is 18.5.